The molecule has 1 aliphatic rings. The molecule has 7 nitrogen and oxygen atoms in total. The van der Waals surface area contributed by atoms with Gasteiger partial charge >= 0.3 is 0 Å². The van der Waals surface area contributed by atoms with Crippen LogP contribution in [0.4, 0.5) is 0 Å². The number of imide groups is 1. The molecule has 37 heavy (non-hydrogen) atoms. The number of carbonyl (C=O) groups is 2. The summed E-state index contributed by atoms with van der Waals surface area (Å²) in [6.45, 7) is 2.27. The topological polar surface area (TPSA) is 117 Å². The first-order valence-electron chi connectivity index (χ1n) is 11.5. The molecule has 0 fully saturated rings. The van der Waals surface area contributed by atoms with Crippen LogP contribution in [0.2, 0.25) is 0 Å². The van der Waals surface area contributed by atoms with Crippen LogP contribution in [0.3, 0.4) is 0 Å². The summed E-state index contributed by atoms with van der Waals surface area (Å²) in [6.07, 6.45) is 0.461. The number of halogens is 2. The Morgan fingerprint density at radius 3 is 1.97 bits per heavy atom. The first-order valence-corrected chi connectivity index (χ1v) is 11.5. The molecule has 5 N–H and O–H groups in total. The minimum Gasteiger partial charge on any atom is -0.358 e. The van der Waals surface area contributed by atoms with Crippen molar-refractivity contribution in [1.29, 1.82) is 0 Å². The number of aromatic amines is 2. The summed E-state index contributed by atoms with van der Waals surface area (Å²) >= 11 is 0. The highest BCUT2D eigenvalue weighted by Gasteiger charge is 2.36. The summed E-state index contributed by atoms with van der Waals surface area (Å²) in [5.74, 6) is -0.790. The molecule has 5 aromatic rings. The number of para-hydroxylation sites is 2. The highest BCUT2D eigenvalue weighted by molar-refractivity contribution is 6.51. The van der Waals surface area contributed by atoms with Crippen molar-refractivity contribution in [2.75, 3.05) is 0 Å². The molecule has 9 heteroatoms. The maximum absolute atomic E-state index is 13.3. The lowest BCUT2D eigenvalue weighted by molar-refractivity contribution is -0.122. The number of carbonyl (C=O) groups excluding carboxylic acids is 2. The Morgan fingerprint density at radius 2 is 1.30 bits per heavy atom. The van der Waals surface area contributed by atoms with Gasteiger partial charge in [0.2, 0.25) is 0 Å². The Morgan fingerprint density at radius 1 is 0.730 bits per heavy atom. The summed E-state index contributed by atoms with van der Waals surface area (Å²) in [4.78, 5) is 38.1. The van der Waals surface area contributed by atoms with E-state index in [-0.39, 0.29) is 24.8 Å². The average molecular weight is 534 g/mol. The van der Waals surface area contributed by atoms with Crippen LogP contribution in [0, 0.1) is 6.92 Å². The maximum Gasteiger partial charge on any atom is 0.259 e. The van der Waals surface area contributed by atoms with Crippen LogP contribution >= 0.6 is 24.8 Å². The van der Waals surface area contributed by atoms with Gasteiger partial charge in [0, 0.05) is 63.0 Å². The van der Waals surface area contributed by atoms with Gasteiger partial charge in [-0.1, -0.05) is 42.5 Å². The van der Waals surface area contributed by atoms with Crippen molar-refractivity contribution in [3.63, 3.8) is 0 Å². The second-order valence-electron chi connectivity index (χ2n) is 8.73. The van der Waals surface area contributed by atoms with Gasteiger partial charge in [0.05, 0.1) is 16.8 Å². The molecule has 1 aliphatic heterocycles. The van der Waals surface area contributed by atoms with Gasteiger partial charge in [-0.25, -0.2) is 0 Å². The number of nitrogens with two attached hydrogens (primary N) is 1. The molecule has 188 valence electrons. The van der Waals surface area contributed by atoms with Crippen molar-refractivity contribution < 1.29 is 9.59 Å². The fraction of sp³-hybridized carbons (Fsp3) is 0.107. The zero-order chi connectivity index (χ0) is 24.1. The lowest BCUT2D eigenvalue weighted by Gasteiger charge is -2.09. The summed E-state index contributed by atoms with van der Waals surface area (Å²) in [5.41, 5.74) is 13.1. The van der Waals surface area contributed by atoms with Crippen molar-refractivity contribution in [1.82, 2.24) is 20.3 Å². The van der Waals surface area contributed by atoms with E-state index >= 15 is 0 Å². The summed E-state index contributed by atoms with van der Waals surface area (Å²) < 4.78 is 0. The zero-order valence-corrected chi connectivity index (χ0v) is 21.6. The van der Waals surface area contributed by atoms with E-state index in [1.807, 2.05) is 73.7 Å². The SMILES string of the molecule is Cc1[nH]c2ccccc2c1C1=C(c2c(Cc3cccc(CN)n3)[nH]c3ccccc23)C(=O)NC1=O.Cl.Cl. The normalized spacial score (nSPS) is 13.1. The number of fused-ring (bicyclic) bond motifs is 2. The van der Waals surface area contributed by atoms with E-state index < -0.39 is 11.8 Å². The summed E-state index contributed by atoms with van der Waals surface area (Å²) in [5, 5.41) is 4.33. The van der Waals surface area contributed by atoms with Crippen molar-refractivity contribution >= 4 is 69.6 Å². The number of aromatic nitrogens is 3. The standard InChI is InChI=1S/C28H23N5O2.2ClH/c1-15-23(18-9-2-4-11-20(18)30-15)25-26(28(35)33-27(25)34)24-19-10-3-5-12-21(19)32-22(24)13-16-7-6-8-17(14-29)31-16;;/h2-12,30,32H,13-14,29H2,1H3,(H,33,34,35);2*1H. The third kappa shape index (κ3) is 4.31. The quantitative estimate of drug-likeness (QED) is 0.242. The van der Waals surface area contributed by atoms with Gasteiger partial charge in [0.1, 0.15) is 0 Å². The molecule has 0 saturated heterocycles. The highest BCUT2D eigenvalue weighted by atomic mass is 35.5. The molecule has 4 heterocycles. The number of hydrogen-bond donors (Lipinski definition) is 4. The van der Waals surface area contributed by atoms with Crippen LogP contribution in [0.1, 0.15) is 33.9 Å². The second kappa shape index (κ2) is 10.2. The van der Waals surface area contributed by atoms with Crippen molar-refractivity contribution in [3.05, 3.63) is 101 Å². The van der Waals surface area contributed by atoms with Crippen LogP contribution in [0.15, 0.2) is 66.7 Å². The number of H-pyrrole nitrogens is 2. The van der Waals surface area contributed by atoms with E-state index in [0.29, 0.717) is 24.1 Å². The van der Waals surface area contributed by atoms with Crippen molar-refractivity contribution in [2.45, 2.75) is 19.9 Å². The van der Waals surface area contributed by atoms with Crippen LogP contribution in [0.25, 0.3) is 33.0 Å². The van der Waals surface area contributed by atoms with Crippen LogP contribution in [-0.4, -0.2) is 26.8 Å². The molecule has 2 aromatic carbocycles. The van der Waals surface area contributed by atoms with Crippen molar-refractivity contribution in [2.24, 2.45) is 5.73 Å². The Bertz CT molecular complexity index is 1700. The molecular weight excluding hydrogens is 509 g/mol. The van der Waals surface area contributed by atoms with Gasteiger partial charge in [0.25, 0.3) is 11.8 Å². The number of rotatable bonds is 5. The minimum atomic E-state index is -0.399. The molecule has 6 rings (SSSR count). The summed E-state index contributed by atoms with van der Waals surface area (Å²) in [7, 11) is 0. The lowest BCUT2D eigenvalue weighted by atomic mass is 9.92. The van der Waals surface area contributed by atoms with E-state index in [1.165, 1.54) is 0 Å². The fourth-order valence-electron chi connectivity index (χ4n) is 5.07. The zero-order valence-electron chi connectivity index (χ0n) is 19.9. The Labute approximate surface area is 225 Å². The second-order valence-corrected chi connectivity index (χ2v) is 8.73. The Balaban J connectivity index is 0.00000160. The third-order valence-corrected chi connectivity index (χ3v) is 6.54. The van der Waals surface area contributed by atoms with E-state index in [1.54, 1.807) is 0 Å². The van der Waals surface area contributed by atoms with E-state index in [4.69, 9.17) is 5.73 Å². The molecule has 0 saturated carbocycles. The molecule has 0 unspecified atom stereocenters. The number of pyridine rings is 1. The third-order valence-electron chi connectivity index (χ3n) is 6.54. The van der Waals surface area contributed by atoms with E-state index in [0.717, 1.165) is 55.7 Å². The van der Waals surface area contributed by atoms with Gasteiger partial charge < -0.3 is 15.7 Å². The number of amides is 2. The summed E-state index contributed by atoms with van der Waals surface area (Å²) in [6, 6.07) is 21.4. The Hall–Kier alpha value is -3.91. The van der Waals surface area contributed by atoms with Crippen LogP contribution < -0.4 is 11.1 Å². The maximum atomic E-state index is 13.3. The van der Waals surface area contributed by atoms with Gasteiger partial charge in [-0.15, -0.1) is 24.8 Å². The lowest BCUT2D eigenvalue weighted by Crippen LogP contribution is -2.23. The predicted molar refractivity (Wildman–Crippen MR) is 151 cm³/mol. The smallest absolute Gasteiger partial charge is 0.259 e. The largest absolute Gasteiger partial charge is 0.358 e. The average Bonchev–Trinajstić information content (AvgIpc) is 3.47. The number of nitrogens with zero attached hydrogens (tertiary/aromatic N) is 1. The van der Waals surface area contributed by atoms with Gasteiger partial charge in [0.15, 0.2) is 0 Å². The molecule has 0 aliphatic carbocycles. The number of nitrogens with one attached hydrogen (secondary N) is 3. The molecule has 0 bridgehead atoms. The van der Waals surface area contributed by atoms with E-state index in [2.05, 4.69) is 20.3 Å². The molecule has 0 radical (unpaired) electrons. The Kier molecular flexibility index (Phi) is 7.23. The fourth-order valence-corrected chi connectivity index (χ4v) is 5.07. The molecule has 0 spiro atoms. The van der Waals surface area contributed by atoms with Gasteiger partial charge in [-0.3, -0.25) is 19.9 Å². The van der Waals surface area contributed by atoms with Gasteiger partial charge in [-0.2, -0.15) is 0 Å². The predicted octanol–water partition coefficient (Wildman–Crippen LogP) is 4.81. The molecular formula is C28H25Cl2N5O2. The first kappa shape index (κ1) is 26.2. The number of hydrogen-bond acceptors (Lipinski definition) is 4. The minimum absolute atomic E-state index is 0. The van der Waals surface area contributed by atoms with Crippen LogP contribution in [-0.2, 0) is 22.6 Å². The monoisotopic (exact) mass is 533 g/mol. The van der Waals surface area contributed by atoms with E-state index in [9.17, 15) is 9.59 Å². The molecule has 0 atom stereocenters. The first-order chi connectivity index (χ1) is 17.0. The van der Waals surface area contributed by atoms with Crippen LogP contribution in [0.5, 0.6) is 0 Å². The molecule has 3 aromatic heterocycles. The van der Waals surface area contributed by atoms with Crippen molar-refractivity contribution in [3.8, 4) is 0 Å². The van der Waals surface area contributed by atoms with Gasteiger partial charge in [-0.05, 0) is 31.2 Å². The number of benzene rings is 2. The molecule has 2 amide bonds. The highest BCUT2D eigenvalue weighted by Crippen LogP contribution is 2.40. The number of aryl methyl sites for hydroxylation is 1.